The van der Waals surface area contributed by atoms with Crippen molar-refractivity contribution in [3.05, 3.63) is 77.5 Å². The fraction of sp³-hybridized carbons (Fsp3) is 0.0500. The van der Waals surface area contributed by atoms with Gasteiger partial charge in [0, 0.05) is 41.6 Å². The molecular formula is C20H11ClF4N6O2. The number of imidazole rings is 1. The summed E-state index contributed by atoms with van der Waals surface area (Å²) in [5, 5.41) is 11.9. The standard InChI is InChI=1S/C20H11ClF4N6O2/c21-14-4-12(1-2-15(14)22)29-19-27-7-13(10-3-11(18(32)33)6-26-5-10)17(30-19)31-8-16(28-9-31)20(23,24)25/h1-9H,(H,32,33)(H,27,29,30). The van der Waals surface area contributed by atoms with Crippen LogP contribution in [-0.4, -0.2) is 35.6 Å². The molecule has 168 valence electrons. The molecular weight excluding hydrogens is 468 g/mol. The van der Waals surface area contributed by atoms with Crippen LogP contribution in [0.25, 0.3) is 16.9 Å². The summed E-state index contributed by atoms with van der Waals surface area (Å²) < 4.78 is 53.7. The Labute approximate surface area is 187 Å². The second-order valence-corrected chi connectivity index (χ2v) is 7.02. The second-order valence-electron chi connectivity index (χ2n) is 6.62. The van der Waals surface area contributed by atoms with E-state index in [4.69, 9.17) is 11.6 Å². The lowest BCUT2D eigenvalue weighted by Gasteiger charge is -2.12. The smallest absolute Gasteiger partial charge is 0.434 e. The molecule has 0 aliphatic carbocycles. The SMILES string of the molecule is O=C(O)c1cncc(-c2cnc(Nc3ccc(F)c(Cl)c3)nc2-n2cnc(C(F)(F)F)c2)c1. The summed E-state index contributed by atoms with van der Waals surface area (Å²) in [6.07, 6.45) is 0.698. The number of aromatic carboxylic acids is 1. The molecule has 0 amide bonds. The van der Waals surface area contributed by atoms with Crippen LogP contribution in [0.5, 0.6) is 0 Å². The summed E-state index contributed by atoms with van der Waals surface area (Å²) in [5.41, 5.74) is -0.508. The predicted molar refractivity (Wildman–Crippen MR) is 109 cm³/mol. The zero-order chi connectivity index (χ0) is 23.8. The maximum absolute atomic E-state index is 13.4. The van der Waals surface area contributed by atoms with Gasteiger partial charge in [-0.1, -0.05) is 11.6 Å². The molecule has 2 N–H and O–H groups in total. The molecule has 13 heteroatoms. The van der Waals surface area contributed by atoms with Gasteiger partial charge in [0.05, 0.1) is 10.6 Å². The van der Waals surface area contributed by atoms with Crippen LogP contribution in [0.15, 0.2) is 55.4 Å². The van der Waals surface area contributed by atoms with Gasteiger partial charge in [-0.2, -0.15) is 18.2 Å². The van der Waals surface area contributed by atoms with Crippen LogP contribution in [0.2, 0.25) is 5.02 Å². The lowest BCUT2D eigenvalue weighted by atomic mass is 10.1. The third-order valence-corrected chi connectivity index (χ3v) is 4.65. The number of hydrogen-bond acceptors (Lipinski definition) is 6. The highest BCUT2D eigenvalue weighted by atomic mass is 35.5. The summed E-state index contributed by atoms with van der Waals surface area (Å²) in [6, 6.07) is 5.06. The Hall–Kier alpha value is -4.06. The third kappa shape index (κ3) is 4.75. The molecule has 0 aliphatic rings. The van der Waals surface area contributed by atoms with Gasteiger partial charge in [0.15, 0.2) is 11.5 Å². The average molecular weight is 479 g/mol. The van der Waals surface area contributed by atoms with Crippen molar-refractivity contribution in [3.63, 3.8) is 0 Å². The Bertz CT molecular complexity index is 1360. The van der Waals surface area contributed by atoms with E-state index in [1.165, 1.54) is 30.6 Å². The van der Waals surface area contributed by atoms with E-state index in [0.717, 1.165) is 29.4 Å². The molecule has 0 radical (unpaired) electrons. The predicted octanol–water partition coefficient (Wildman–Crippen LogP) is 4.98. The molecule has 0 unspecified atom stereocenters. The van der Waals surface area contributed by atoms with Gasteiger partial charge in [-0.05, 0) is 24.3 Å². The molecule has 0 atom stereocenters. The summed E-state index contributed by atoms with van der Waals surface area (Å²) in [7, 11) is 0. The first-order valence-electron chi connectivity index (χ1n) is 9.01. The number of rotatable bonds is 5. The molecule has 0 saturated heterocycles. The monoisotopic (exact) mass is 478 g/mol. The van der Waals surface area contributed by atoms with Gasteiger partial charge in [-0.3, -0.25) is 9.55 Å². The van der Waals surface area contributed by atoms with Crippen LogP contribution in [0.4, 0.5) is 29.2 Å². The normalized spacial score (nSPS) is 11.4. The first-order valence-corrected chi connectivity index (χ1v) is 9.39. The summed E-state index contributed by atoms with van der Waals surface area (Å²) in [6.45, 7) is 0. The van der Waals surface area contributed by atoms with Gasteiger partial charge in [0.25, 0.3) is 0 Å². The summed E-state index contributed by atoms with van der Waals surface area (Å²) in [5.74, 6) is -1.95. The molecule has 0 bridgehead atoms. The first-order chi connectivity index (χ1) is 15.6. The Morgan fingerprint density at radius 3 is 2.58 bits per heavy atom. The number of nitrogens with one attached hydrogen (secondary N) is 1. The number of aromatic nitrogens is 5. The molecule has 0 saturated carbocycles. The first kappa shape index (κ1) is 22.1. The molecule has 1 aromatic carbocycles. The van der Waals surface area contributed by atoms with Gasteiger partial charge in [-0.25, -0.2) is 19.2 Å². The Morgan fingerprint density at radius 1 is 1.12 bits per heavy atom. The molecule has 0 spiro atoms. The number of hydrogen-bond donors (Lipinski definition) is 2. The van der Waals surface area contributed by atoms with Crippen LogP contribution >= 0.6 is 11.6 Å². The van der Waals surface area contributed by atoms with Crippen molar-refractivity contribution in [1.82, 2.24) is 24.5 Å². The van der Waals surface area contributed by atoms with Gasteiger partial charge in [-0.15, -0.1) is 0 Å². The molecule has 3 heterocycles. The molecule has 4 aromatic rings. The number of anilines is 2. The van der Waals surface area contributed by atoms with Crippen LogP contribution in [-0.2, 0) is 6.18 Å². The number of nitrogens with zero attached hydrogens (tertiary/aromatic N) is 5. The number of carboxylic acid groups (broad SMARTS) is 1. The number of benzene rings is 1. The van der Waals surface area contributed by atoms with Gasteiger partial charge < -0.3 is 10.4 Å². The molecule has 4 rings (SSSR count). The van der Waals surface area contributed by atoms with Gasteiger partial charge >= 0.3 is 12.1 Å². The zero-order valence-electron chi connectivity index (χ0n) is 16.2. The topological polar surface area (TPSA) is 106 Å². The summed E-state index contributed by atoms with van der Waals surface area (Å²) in [4.78, 5) is 26.9. The van der Waals surface area contributed by atoms with E-state index in [0.29, 0.717) is 5.69 Å². The van der Waals surface area contributed by atoms with Crippen LogP contribution < -0.4 is 5.32 Å². The number of carboxylic acids is 1. The molecule has 8 nitrogen and oxygen atoms in total. The highest BCUT2D eigenvalue weighted by Crippen LogP contribution is 2.31. The van der Waals surface area contributed by atoms with Gasteiger partial charge in [0.1, 0.15) is 12.1 Å². The maximum atomic E-state index is 13.4. The van der Waals surface area contributed by atoms with Crippen LogP contribution in [0.1, 0.15) is 16.1 Å². The van der Waals surface area contributed by atoms with Crippen molar-refractivity contribution >= 4 is 29.2 Å². The lowest BCUT2D eigenvalue weighted by Crippen LogP contribution is -2.07. The molecule has 0 fully saturated rings. The summed E-state index contributed by atoms with van der Waals surface area (Å²) >= 11 is 5.77. The van der Waals surface area contributed by atoms with Crippen LogP contribution in [0, 0.1) is 5.82 Å². The largest absolute Gasteiger partial charge is 0.478 e. The Morgan fingerprint density at radius 2 is 1.91 bits per heavy atom. The maximum Gasteiger partial charge on any atom is 0.434 e. The second kappa shape index (κ2) is 8.47. The van der Waals surface area contributed by atoms with Crippen molar-refractivity contribution in [2.45, 2.75) is 6.18 Å². The van der Waals surface area contributed by atoms with E-state index in [2.05, 4.69) is 25.3 Å². The lowest BCUT2D eigenvalue weighted by molar-refractivity contribution is -0.140. The van der Waals surface area contributed by atoms with E-state index in [9.17, 15) is 27.5 Å². The quantitative estimate of drug-likeness (QED) is 0.390. The zero-order valence-corrected chi connectivity index (χ0v) is 16.9. The van der Waals surface area contributed by atoms with E-state index >= 15 is 0 Å². The molecule has 0 aliphatic heterocycles. The number of carbonyl (C=O) groups is 1. The van der Waals surface area contributed by atoms with Crippen molar-refractivity contribution in [1.29, 1.82) is 0 Å². The molecule has 33 heavy (non-hydrogen) atoms. The van der Waals surface area contributed by atoms with Crippen molar-refractivity contribution in [2.24, 2.45) is 0 Å². The number of pyridine rings is 1. The minimum atomic E-state index is -4.69. The average Bonchev–Trinajstić information content (AvgIpc) is 3.27. The van der Waals surface area contributed by atoms with E-state index in [1.807, 2.05) is 0 Å². The number of halogens is 5. The van der Waals surface area contributed by atoms with Crippen molar-refractivity contribution in [3.8, 4) is 16.9 Å². The molecule has 3 aromatic heterocycles. The van der Waals surface area contributed by atoms with E-state index in [1.54, 1.807) is 0 Å². The van der Waals surface area contributed by atoms with E-state index in [-0.39, 0.29) is 33.5 Å². The Kier molecular flexibility index (Phi) is 5.68. The number of alkyl halides is 3. The van der Waals surface area contributed by atoms with Crippen molar-refractivity contribution in [2.75, 3.05) is 5.32 Å². The van der Waals surface area contributed by atoms with Gasteiger partial charge in [0.2, 0.25) is 5.95 Å². The Balaban J connectivity index is 1.82. The van der Waals surface area contributed by atoms with Crippen molar-refractivity contribution < 1.29 is 27.5 Å². The van der Waals surface area contributed by atoms with Crippen LogP contribution in [0.3, 0.4) is 0 Å². The fourth-order valence-electron chi connectivity index (χ4n) is 2.83. The fourth-order valence-corrected chi connectivity index (χ4v) is 3.01. The minimum absolute atomic E-state index is 0.0342. The van der Waals surface area contributed by atoms with E-state index < -0.39 is 23.7 Å². The highest BCUT2D eigenvalue weighted by Gasteiger charge is 2.34. The third-order valence-electron chi connectivity index (χ3n) is 4.36. The minimum Gasteiger partial charge on any atom is -0.478 e. The highest BCUT2D eigenvalue weighted by molar-refractivity contribution is 6.31.